The van der Waals surface area contributed by atoms with Gasteiger partial charge in [0.15, 0.2) is 0 Å². The average Bonchev–Trinajstić information content (AvgIpc) is 2.43. The number of benzene rings is 1. The van der Waals surface area contributed by atoms with Crippen molar-refractivity contribution in [2.24, 2.45) is 5.10 Å². The molecule has 0 fully saturated rings. The molecule has 0 aliphatic rings. The summed E-state index contributed by atoms with van der Waals surface area (Å²) in [5.74, 6) is 0. The molecule has 0 spiro atoms. The average molecular weight is 273 g/mol. The second-order valence-corrected chi connectivity index (χ2v) is 4.46. The third-order valence-corrected chi connectivity index (χ3v) is 2.75. The summed E-state index contributed by atoms with van der Waals surface area (Å²) in [6.07, 6.45) is 1.45. The van der Waals surface area contributed by atoms with Crippen LogP contribution in [0.5, 0.6) is 0 Å². The number of rotatable bonds is 3. The lowest BCUT2D eigenvalue weighted by Crippen LogP contribution is -2.35. The molecule has 7 nitrogen and oxygen atoms in total. The van der Waals surface area contributed by atoms with Crippen molar-refractivity contribution >= 4 is 11.9 Å². The van der Waals surface area contributed by atoms with Crippen molar-refractivity contribution < 1.29 is 0 Å². The largest absolute Gasteiger partial charge is 0.378 e. The number of aromatic amines is 1. The van der Waals surface area contributed by atoms with Crippen molar-refractivity contribution in [3.05, 3.63) is 56.4 Å². The Kier molecular flexibility index (Phi) is 3.79. The summed E-state index contributed by atoms with van der Waals surface area (Å²) in [4.78, 5) is 25.2. The van der Waals surface area contributed by atoms with Crippen molar-refractivity contribution in [2.45, 2.75) is 6.92 Å². The Morgan fingerprint density at radius 3 is 2.50 bits per heavy atom. The van der Waals surface area contributed by atoms with Gasteiger partial charge in [0.1, 0.15) is 5.69 Å². The second kappa shape index (κ2) is 5.52. The fraction of sp³-hybridized carbons (Fsp3) is 0.231. The molecule has 0 bridgehead atoms. The Bertz CT molecular complexity index is 741. The zero-order valence-corrected chi connectivity index (χ0v) is 11.5. The lowest BCUT2D eigenvalue weighted by atomic mass is 10.2. The predicted octanol–water partition coefficient (Wildman–Crippen LogP) is 0.188. The minimum Gasteiger partial charge on any atom is -0.378 e. The van der Waals surface area contributed by atoms with Gasteiger partial charge in [0.05, 0.1) is 6.21 Å². The summed E-state index contributed by atoms with van der Waals surface area (Å²) in [6.45, 7) is 1.51. The van der Waals surface area contributed by atoms with Crippen LogP contribution in [0.1, 0.15) is 11.3 Å². The fourth-order valence-corrected chi connectivity index (χ4v) is 1.56. The van der Waals surface area contributed by atoms with Crippen LogP contribution in [-0.4, -0.2) is 35.2 Å². The van der Waals surface area contributed by atoms with Crippen LogP contribution in [0.25, 0.3) is 0 Å². The smallest absolute Gasteiger partial charge is 0.365 e. The van der Waals surface area contributed by atoms with E-state index in [-0.39, 0.29) is 5.69 Å². The van der Waals surface area contributed by atoms with Crippen molar-refractivity contribution in [1.82, 2.24) is 14.9 Å². The molecule has 0 unspecified atom stereocenters. The molecule has 0 radical (unpaired) electrons. The number of nitrogens with zero attached hydrogens (tertiary/aromatic N) is 4. The third kappa shape index (κ3) is 2.82. The second-order valence-electron chi connectivity index (χ2n) is 4.46. The van der Waals surface area contributed by atoms with Crippen LogP contribution in [0.3, 0.4) is 0 Å². The molecule has 0 saturated carbocycles. The van der Waals surface area contributed by atoms with Gasteiger partial charge in [-0.2, -0.15) is 10.2 Å². The number of hydrogen-bond acceptors (Lipinski definition) is 5. The first-order chi connectivity index (χ1) is 9.49. The fourth-order valence-electron chi connectivity index (χ4n) is 1.56. The molecule has 20 heavy (non-hydrogen) atoms. The maximum absolute atomic E-state index is 11.7. The van der Waals surface area contributed by atoms with Gasteiger partial charge in [0.2, 0.25) is 0 Å². The quantitative estimate of drug-likeness (QED) is 0.809. The number of aromatic nitrogens is 3. The van der Waals surface area contributed by atoms with Gasteiger partial charge in [-0.15, -0.1) is 4.68 Å². The van der Waals surface area contributed by atoms with Crippen LogP contribution >= 0.6 is 0 Å². The van der Waals surface area contributed by atoms with Crippen LogP contribution in [-0.2, 0) is 0 Å². The first kappa shape index (κ1) is 13.7. The van der Waals surface area contributed by atoms with Crippen molar-refractivity contribution in [3.8, 4) is 0 Å². The summed E-state index contributed by atoms with van der Waals surface area (Å²) >= 11 is 0. The van der Waals surface area contributed by atoms with E-state index in [1.54, 1.807) is 0 Å². The SMILES string of the molecule is Cc1n[nH]c(=O)n(N=Cc2ccc(N(C)C)cc2)c1=O. The maximum Gasteiger partial charge on any atom is 0.365 e. The normalized spacial score (nSPS) is 10.9. The number of hydrogen-bond donors (Lipinski definition) is 1. The first-order valence-corrected chi connectivity index (χ1v) is 5.99. The number of H-pyrrole nitrogens is 1. The molecule has 2 rings (SSSR count). The van der Waals surface area contributed by atoms with Gasteiger partial charge >= 0.3 is 5.69 Å². The first-order valence-electron chi connectivity index (χ1n) is 5.99. The molecule has 1 aromatic carbocycles. The summed E-state index contributed by atoms with van der Waals surface area (Å²) < 4.78 is 0.752. The van der Waals surface area contributed by atoms with E-state index in [9.17, 15) is 9.59 Å². The van der Waals surface area contributed by atoms with Crippen molar-refractivity contribution in [3.63, 3.8) is 0 Å². The summed E-state index contributed by atoms with van der Waals surface area (Å²) in [7, 11) is 3.89. The zero-order chi connectivity index (χ0) is 14.7. The van der Waals surface area contributed by atoms with Crippen molar-refractivity contribution in [2.75, 3.05) is 19.0 Å². The van der Waals surface area contributed by atoms with Crippen LogP contribution in [0.15, 0.2) is 39.0 Å². The topological polar surface area (TPSA) is 83.3 Å². The Labute approximate surface area is 115 Å². The predicted molar refractivity (Wildman–Crippen MR) is 77.6 cm³/mol. The summed E-state index contributed by atoms with van der Waals surface area (Å²) in [5, 5.41) is 9.67. The number of nitrogens with one attached hydrogen (secondary N) is 1. The monoisotopic (exact) mass is 273 g/mol. The van der Waals surface area contributed by atoms with Gasteiger partial charge in [-0.3, -0.25) is 4.79 Å². The molecule has 1 heterocycles. The third-order valence-electron chi connectivity index (χ3n) is 2.75. The standard InChI is InChI=1S/C13H15N5O2/c1-9-12(19)18(13(20)16-15-9)14-8-10-4-6-11(7-5-10)17(2)3/h4-8H,1-3H3,(H,16,20). The van der Waals surface area contributed by atoms with E-state index in [1.165, 1.54) is 13.1 Å². The maximum atomic E-state index is 11.7. The van der Waals surface area contributed by atoms with Crippen LogP contribution in [0.4, 0.5) is 5.69 Å². The van der Waals surface area contributed by atoms with Gasteiger partial charge in [-0.1, -0.05) is 12.1 Å². The van der Waals surface area contributed by atoms with Gasteiger partial charge in [0.25, 0.3) is 5.56 Å². The van der Waals surface area contributed by atoms with Crippen LogP contribution in [0, 0.1) is 6.92 Å². The Morgan fingerprint density at radius 1 is 1.25 bits per heavy atom. The highest BCUT2D eigenvalue weighted by Gasteiger charge is 2.03. The molecule has 104 valence electrons. The molecule has 2 aromatic rings. The molecule has 0 aliphatic carbocycles. The van der Waals surface area contributed by atoms with E-state index in [1.807, 2.05) is 43.3 Å². The van der Waals surface area contributed by atoms with E-state index < -0.39 is 11.2 Å². The minimum atomic E-state index is -0.665. The van der Waals surface area contributed by atoms with Crippen molar-refractivity contribution in [1.29, 1.82) is 0 Å². The van der Waals surface area contributed by atoms with E-state index in [4.69, 9.17) is 0 Å². The Hall–Kier alpha value is -2.70. The lowest BCUT2D eigenvalue weighted by Gasteiger charge is -2.11. The van der Waals surface area contributed by atoms with E-state index in [0.717, 1.165) is 15.9 Å². The van der Waals surface area contributed by atoms with E-state index in [2.05, 4.69) is 15.3 Å². The van der Waals surface area contributed by atoms with Crippen LogP contribution in [0.2, 0.25) is 0 Å². The highest BCUT2D eigenvalue weighted by atomic mass is 16.2. The van der Waals surface area contributed by atoms with Gasteiger partial charge < -0.3 is 4.90 Å². The highest BCUT2D eigenvalue weighted by molar-refractivity contribution is 5.80. The molecule has 1 aromatic heterocycles. The van der Waals surface area contributed by atoms with E-state index >= 15 is 0 Å². The number of aryl methyl sites for hydroxylation is 1. The molecule has 0 atom stereocenters. The van der Waals surface area contributed by atoms with Crippen LogP contribution < -0.4 is 16.1 Å². The molecule has 0 amide bonds. The minimum absolute atomic E-state index is 0.185. The number of anilines is 1. The van der Waals surface area contributed by atoms with Gasteiger partial charge in [0, 0.05) is 19.8 Å². The lowest BCUT2D eigenvalue weighted by molar-refractivity contribution is 0.694. The molecule has 0 saturated heterocycles. The summed E-state index contributed by atoms with van der Waals surface area (Å²) in [5.41, 5.74) is 0.828. The molecule has 1 N–H and O–H groups in total. The molecule has 7 heteroatoms. The molecular formula is C13H15N5O2. The van der Waals surface area contributed by atoms with Gasteiger partial charge in [-0.25, -0.2) is 9.89 Å². The Balaban J connectivity index is 2.33. The molecular weight excluding hydrogens is 258 g/mol. The summed E-state index contributed by atoms with van der Waals surface area (Å²) in [6, 6.07) is 7.55. The van der Waals surface area contributed by atoms with Gasteiger partial charge in [-0.05, 0) is 24.6 Å². The zero-order valence-electron chi connectivity index (χ0n) is 11.5. The Morgan fingerprint density at radius 2 is 1.90 bits per heavy atom. The highest BCUT2D eigenvalue weighted by Crippen LogP contribution is 2.10. The molecule has 0 aliphatic heterocycles. The van der Waals surface area contributed by atoms with E-state index in [0.29, 0.717) is 0 Å².